The molecule has 2 rings (SSSR count). The third-order valence-electron chi connectivity index (χ3n) is 5.49. The van der Waals surface area contributed by atoms with Crippen LogP contribution in [0.3, 0.4) is 0 Å². The number of hydrogen-bond acceptors (Lipinski definition) is 11. The minimum absolute atomic E-state index is 0.0723. The zero-order chi connectivity index (χ0) is 26.8. The number of benzene rings is 1. The van der Waals surface area contributed by atoms with E-state index in [0.29, 0.717) is 23.3 Å². The van der Waals surface area contributed by atoms with Crippen LogP contribution in [0, 0.1) is 6.92 Å². The van der Waals surface area contributed by atoms with Crippen LogP contribution in [0.2, 0.25) is 0 Å². The van der Waals surface area contributed by atoms with Gasteiger partial charge in [0.1, 0.15) is 43.0 Å². The van der Waals surface area contributed by atoms with Crippen molar-refractivity contribution in [3.8, 4) is 11.5 Å². The van der Waals surface area contributed by atoms with E-state index in [4.69, 9.17) is 28.4 Å². The molecule has 0 aromatic heterocycles. The van der Waals surface area contributed by atoms with Crippen molar-refractivity contribution in [3.63, 3.8) is 0 Å². The molecule has 0 fully saturated rings. The standard InChI is InChI=1S/C25H32O11/c1-14(6-8-19-23(29)22-20(12-34-25(22)30)15(2)24(19)31-5)7-9-21(28)36-13-35-18(10-32-16(3)26)11-33-17(4)27/h6,18,29H,7-13H2,1-5H3/b14-6+. The highest BCUT2D eigenvalue weighted by atomic mass is 16.7. The van der Waals surface area contributed by atoms with Crippen LogP contribution >= 0.6 is 0 Å². The largest absolute Gasteiger partial charge is 0.507 e. The van der Waals surface area contributed by atoms with E-state index in [2.05, 4.69) is 0 Å². The van der Waals surface area contributed by atoms with Gasteiger partial charge in [0, 0.05) is 31.4 Å². The molecule has 0 spiro atoms. The van der Waals surface area contributed by atoms with Gasteiger partial charge in [-0.3, -0.25) is 14.4 Å². The number of allylic oxidation sites excluding steroid dienone is 2. The fourth-order valence-corrected chi connectivity index (χ4v) is 3.54. The molecule has 1 aliphatic heterocycles. The monoisotopic (exact) mass is 508 g/mol. The summed E-state index contributed by atoms with van der Waals surface area (Å²) >= 11 is 0. The second-order valence-electron chi connectivity index (χ2n) is 8.20. The molecule has 0 aliphatic carbocycles. The molecule has 0 amide bonds. The van der Waals surface area contributed by atoms with Crippen LogP contribution in [-0.4, -0.2) is 62.2 Å². The second-order valence-corrected chi connectivity index (χ2v) is 8.20. The van der Waals surface area contributed by atoms with Gasteiger partial charge < -0.3 is 33.5 Å². The van der Waals surface area contributed by atoms with Gasteiger partial charge in [0.25, 0.3) is 0 Å². The molecule has 1 aromatic rings. The Bertz CT molecular complexity index is 1010. The van der Waals surface area contributed by atoms with E-state index in [-0.39, 0.29) is 44.0 Å². The number of phenols is 1. The maximum atomic E-state index is 12.1. The summed E-state index contributed by atoms with van der Waals surface area (Å²) in [4.78, 5) is 46.1. The second kappa shape index (κ2) is 13.5. The Labute approximate surface area is 209 Å². The summed E-state index contributed by atoms with van der Waals surface area (Å²) in [6, 6.07) is 0. The van der Waals surface area contributed by atoms with Crippen LogP contribution in [-0.2, 0) is 51.1 Å². The highest BCUT2D eigenvalue weighted by molar-refractivity contribution is 5.98. The van der Waals surface area contributed by atoms with Crippen LogP contribution in [0.5, 0.6) is 11.5 Å². The van der Waals surface area contributed by atoms with Crippen molar-refractivity contribution in [2.75, 3.05) is 27.1 Å². The first-order valence-electron chi connectivity index (χ1n) is 11.3. The molecule has 0 bridgehead atoms. The van der Waals surface area contributed by atoms with E-state index in [1.165, 1.54) is 21.0 Å². The number of carbonyl (C=O) groups excluding carboxylic acids is 4. The van der Waals surface area contributed by atoms with Gasteiger partial charge in [-0.2, -0.15) is 0 Å². The fraction of sp³-hybridized carbons (Fsp3) is 0.520. The third kappa shape index (κ3) is 7.98. The summed E-state index contributed by atoms with van der Waals surface area (Å²) in [5.74, 6) is -1.80. The molecule has 0 atom stereocenters. The van der Waals surface area contributed by atoms with Crippen LogP contribution in [0.15, 0.2) is 11.6 Å². The Balaban J connectivity index is 1.88. The molecule has 1 heterocycles. The lowest BCUT2D eigenvalue weighted by atomic mass is 9.94. The minimum atomic E-state index is -0.775. The first-order chi connectivity index (χ1) is 17.0. The van der Waals surface area contributed by atoms with Crippen molar-refractivity contribution in [2.45, 2.75) is 59.7 Å². The van der Waals surface area contributed by atoms with Gasteiger partial charge in [-0.05, 0) is 32.3 Å². The highest BCUT2D eigenvalue weighted by Gasteiger charge is 2.31. The summed E-state index contributed by atoms with van der Waals surface area (Å²) in [6.07, 6.45) is 1.81. The molecule has 0 radical (unpaired) electrons. The van der Waals surface area contributed by atoms with Gasteiger partial charge in [-0.25, -0.2) is 4.79 Å². The average molecular weight is 509 g/mol. The Morgan fingerprint density at radius 2 is 1.69 bits per heavy atom. The van der Waals surface area contributed by atoms with Gasteiger partial charge >= 0.3 is 23.9 Å². The van der Waals surface area contributed by atoms with Crippen molar-refractivity contribution >= 4 is 23.9 Å². The Morgan fingerprint density at radius 1 is 1.06 bits per heavy atom. The van der Waals surface area contributed by atoms with Crippen molar-refractivity contribution in [1.29, 1.82) is 0 Å². The van der Waals surface area contributed by atoms with Crippen LogP contribution < -0.4 is 4.74 Å². The number of phenolic OH excluding ortho intramolecular Hbond substituents is 1. The third-order valence-corrected chi connectivity index (χ3v) is 5.49. The number of rotatable bonds is 13. The molecule has 0 saturated heterocycles. The number of carbonyl (C=O) groups is 4. The number of esters is 4. The number of ether oxygens (including phenoxy) is 6. The predicted octanol–water partition coefficient (Wildman–Crippen LogP) is 2.66. The highest BCUT2D eigenvalue weighted by Crippen LogP contribution is 2.42. The summed E-state index contributed by atoms with van der Waals surface area (Å²) in [5, 5.41) is 10.7. The molecule has 1 aromatic carbocycles. The van der Waals surface area contributed by atoms with E-state index < -0.39 is 36.8 Å². The quantitative estimate of drug-likeness (QED) is 0.182. The molecule has 1 aliphatic rings. The molecule has 11 heteroatoms. The summed E-state index contributed by atoms with van der Waals surface area (Å²) in [7, 11) is 1.49. The summed E-state index contributed by atoms with van der Waals surface area (Å²) < 4.78 is 30.6. The number of cyclic esters (lactones) is 1. The van der Waals surface area contributed by atoms with Gasteiger partial charge in [0.15, 0.2) is 6.79 Å². The topological polar surface area (TPSA) is 144 Å². The minimum Gasteiger partial charge on any atom is -0.507 e. The van der Waals surface area contributed by atoms with Gasteiger partial charge in [-0.15, -0.1) is 0 Å². The number of hydrogen-bond donors (Lipinski definition) is 1. The molecular weight excluding hydrogens is 476 g/mol. The van der Waals surface area contributed by atoms with E-state index in [9.17, 15) is 24.3 Å². The lowest BCUT2D eigenvalue weighted by Gasteiger charge is -2.17. The zero-order valence-electron chi connectivity index (χ0n) is 21.1. The molecular formula is C25H32O11. The van der Waals surface area contributed by atoms with Crippen molar-refractivity contribution in [1.82, 2.24) is 0 Å². The molecule has 1 N–H and O–H groups in total. The Hall–Kier alpha value is -3.60. The van der Waals surface area contributed by atoms with Crippen molar-refractivity contribution in [3.05, 3.63) is 33.9 Å². The first-order valence-corrected chi connectivity index (χ1v) is 11.3. The lowest BCUT2D eigenvalue weighted by Crippen LogP contribution is -2.29. The molecule has 36 heavy (non-hydrogen) atoms. The van der Waals surface area contributed by atoms with Gasteiger partial charge in [0.2, 0.25) is 0 Å². The summed E-state index contributed by atoms with van der Waals surface area (Å²) in [6.45, 7) is 5.49. The van der Waals surface area contributed by atoms with Crippen LogP contribution in [0.4, 0.5) is 0 Å². The lowest BCUT2D eigenvalue weighted by molar-refractivity contribution is -0.174. The number of methoxy groups -OCH3 is 1. The summed E-state index contributed by atoms with van der Waals surface area (Å²) in [5.41, 5.74) is 2.85. The van der Waals surface area contributed by atoms with E-state index in [1.807, 2.05) is 13.0 Å². The SMILES string of the molecule is COc1c(C)c2c(c(O)c1C/C=C(\C)CCC(=O)OCOC(COC(C)=O)COC(C)=O)C(=O)OC2. The van der Waals surface area contributed by atoms with E-state index >= 15 is 0 Å². The van der Waals surface area contributed by atoms with Gasteiger partial charge in [0.05, 0.1) is 7.11 Å². The fourth-order valence-electron chi connectivity index (χ4n) is 3.54. The smallest absolute Gasteiger partial charge is 0.342 e. The van der Waals surface area contributed by atoms with Crippen LogP contribution in [0.25, 0.3) is 0 Å². The molecule has 11 nitrogen and oxygen atoms in total. The molecule has 198 valence electrons. The number of aromatic hydroxyl groups is 1. The molecule has 0 unspecified atom stereocenters. The maximum absolute atomic E-state index is 12.1. The van der Waals surface area contributed by atoms with Gasteiger partial charge in [-0.1, -0.05) is 11.6 Å². The zero-order valence-corrected chi connectivity index (χ0v) is 21.1. The van der Waals surface area contributed by atoms with E-state index in [0.717, 1.165) is 11.1 Å². The predicted molar refractivity (Wildman–Crippen MR) is 124 cm³/mol. The van der Waals surface area contributed by atoms with Crippen LogP contribution in [0.1, 0.15) is 60.7 Å². The Morgan fingerprint density at radius 3 is 2.28 bits per heavy atom. The maximum Gasteiger partial charge on any atom is 0.342 e. The van der Waals surface area contributed by atoms with E-state index in [1.54, 1.807) is 6.92 Å². The first kappa shape index (κ1) is 28.6. The molecule has 0 saturated carbocycles. The van der Waals surface area contributed by atoms with Crippen molar-refractivity contribution < 1.29 is 52.7 Å². The Kier molecular flexibility index (Phi) is 10.7. The normalized spacial score (nSPS) is 12.7. The van der Waals surface area contributed by atoms with Crippen molar-refractivity contribution in [2.24, 2.45) is 0 Å². The number of fused-ring (bicyclic) bond motifs is 1. The average Bonchev–Trinajstić information content (AvgIpc) is 3.22.